The van der Waals surface area contributed by atoms with E-state index in [9.17, 15) is 0 Å². The summed E-state index contributed by atoms with van der Waals surface area (Å²) in [4.78, 5) is 7.96. The highest BCUT2D eigenvalue weighted by molar-refractivity contribution is 6.14. The Labute approximate surface area is 336 Å². The molecule has 4 heterocycles. The van der Waals surface area contributed by atoms with Gasteiger partial charge in [-0.1, -0.05) is 152 Å². The quantitative estimate of drug-likeness (QED) is 0.176. The summed E-state index contributed by atoms with van der Waals surface area (Å²) in [5.74, 6) is 0.885. The molecule has 3 aromatic heterocycles. The van der Waals surface area contributed by atoms with Crippen LogP contribution < -0.4 is 4.90 Å². The van der Waals surface area contributed by atoms with E-state index in [0.29, 0.717) is 0 Å². The summed E-state index contributed by atoms with van der Waals surface area (Å²) in [6.07, 6.45) is 9.09. The van der Waals surface area contributed by atoms with Crippen molar-refractivity contribution in [2.45, 2.75) is 18.4 Å². The Morgan fingerprint density at radius 3 is 1.91 bits per heavy atom. The smallest absolute Gasteiger partial charge is 0.159 e. The van der Waals surface area contributed by atoms with Gasteiger partial charge in [-0.05, 0) is 83.3 Å². The summed E-state index contributed by atoms with van der Waals surface area (Å²) in [6, 6.07) is 62.9. The number of para-hydroxylation sites is 3. The minimum Gasteiger partial charge on any atom is -0.454 e. The van der Waals surface area contributed by atoms with Gasteiger partial charge >= 0.3 is 0 Å². The van der Waals surface area contributed by atoms with E-state index in [-0.39, 0.29) is 6.04 Å². The van der Waals surface area contributed by atoms with Crippen LogP contribution in [-0.2, 0) is 5.41 Å². The van der Waals surface area contributed by atoms with Crippen molar-refractivity contribution in [2.75, 3.05) is 4.90 Å². The highest BCUT2D eigenvalue weighted by atomic mass is 16.3. The van der Waals surface area contributed by atoms with E-state index in [1.54, 1.807) is 0 Å². The molecule has 274 valence electrons. The number of furan rings is 1. The van der Waals surface area contributed by atoms with Gasteiger partial charge < -0.3 is 13.9 Å². The number of hydrogen-bond acceptors (Lipinski definition) is 3. The van der Waals surface area contributed by atoms with Gasteiger partial charge in [0.25, 0.3) is 0 Å². The average molecular weight is 744 g/mol. The number of hydrogen-bond donors (Lipinski definition) is 0. The molecule has 2 aliphatic rings. The van der Waals surface area contributed by atoms with E-state index in [4.69, 9.17) is 9.40 Å². The second-order valence-corrected chi connectivity index (χ2v) is 15.7. The zero-order valence-corrected chi connectivity index (χ0v) is 31.9. The lowest BCUT2D eigenvalue weighted by atomic mass is 9.73. The molecule has 0 bridgehead atoms. The van der Waals surface area contributed by atoms with Gasteiger partial charge in [0.05, 0.1) is 28.5 Å². The predicted molar refractivity (Wildman–Crippen MR) is 240 cm³/mol. The largest absolute Gasteiger partial charge is 0.454 e. The molecule has 4 heteroatoms. The molecule has 4 nitrogen and oxygen atoms in total. The Hall–Kier alpha value is -7.43. The van der Waals surface area contributed by atoms with E-state index in [1.807, 2.05) is 0 Å². The van der Waals surface area contributed by atoms with Crippen molar-refractivity contribution in [3.05, 3.63) is 206 Å². The fraction of sp³-hybridized carbons (Fsp3) is 0.0556. The standard InChI is InChI=1S/C54H37N3O/c1-54-31-15-14-26-49(54)57(50-33-38(35-16-4-2-5-17-35)32-45(55-50)37-18-6-3-7-19-37)52-51(54)43(34-44-42-22-10-13-25-48(42)58-53(44)52)36-27-29-39(30-28-36)56-46-23-11-8-20-40(46)41-21-9-12-24-47(41)56/h2-34,49H,1H3. The Bertz CT molecular complexity index is 3190. The number of pyridine rings is 1. The van der Waals surface area contributed by atoms with E-state index < -0.39 is 5.41 Å². The molecule has 2 unspecified atom stereocenters. The van der Waals surface area contributed by atoms with Gasteiger partial charge in [0.1, 0.15) is 11.4 Å². The summed E-state index contributed by atoms with van der Waals surface area (Å²) in [5.41, 5.74) is 13.8. The van der Waals surface area contributed by atoms with Crippen LogP contribution in [0, 0.1) is 0 Å². The van der Waals surface area contributed by atoms with Gasteiger partial charge in [-0.25, -0.2) is 4.98 Å². The molecule has 7 aromatic carbocycles. The molecule has 1 aliphatic carbocycles. The van der Waals surface area contributed by atoms with Gasteiger partial charge in [0.2, 0.25) is 0 Å². The molecule has 0 amide bonds. The third-order valence-corrected chi connectivity index (χ3v) is 12.4. The number of anilines is 2. The maximum absolute atomic E-state index is 6.95. The lowest BCUT2D eigenvalue weighted by Crippen LogP contribution is -2.39. The molecule has 0 radical (unpaired) electrons. The molecule has 1 aliphatic heterocycles. The van der Waals surface area contributed by atoms with Crippen LogP contribution in [0.2, 0.25) is 0 Å². The number of allylic oxidation sites excluding steroid dienone is 2. The van der Waals surface area contributed by atoms with Crippen LogP contribution in [0.5, 0.6) is 0 Å². The fourth-order valence-corrected chi connectivity index (χ4v) is 9.73. The first-order chi connectivity index (χ1) is 28.6. The van der Waals surface area contributed by atoms with E-state index in [2.05, 4.69) is 217 Å². The molecule has 0 saturated heterocycles. The zero-order chi connectivity index (χ0) is 38.4. The van der Waals surface area contributed by atoms with Crippen molar-refractivity contribution in [1.82, 2.24) is 9.55 Å². The van der Waals surface area contributed by atoms with Crippen molar-refractivity contribution >= 4 is 55.2 Å². The molecule has 0 spiro atoms. The summed E-state index contributed by atoms with van der Waals surface area (Å²) < 4.78 is 9.33. The highest BCUT2D eigenvalue weighted by Crippen LogP contribution is 2.58. The van der Waals surface area contributed by atoms with E-state index in [1.165, 1.54) is 32.9 Å². The topological polar surface area (TPSA) is 34.2 Å². The van der Waals surface area contributed by atoms with Crippen molar-refractivity contribution in [3.63, 3.8) is 0 Å². The molecular weight excluding hydrogens is 707 g/mol. The molecule has 12 rings (SSSR count). The van der Waals surface area contributed by atoms with Crippen LogP contribution in [0.4, 0.5) is 11.5 Å². The minimum atomic E-state index is -0.393. The van der Waals surface area contributed by atoms with Crippen LogP contribution in [0.25, 0.3) is 82.9 Å². The summed E-state index contributed by atoms with van der Waals surface area (Å²) in [5, 5.41) is 4.71. The second-order valence-electron chi connectivity index (χ2n) is 15.7. The molecule has 10 aromatic rings. The van der Waals surface area contributed by atoms with Crippen LogP contribution in [0.1, 0.15) is 12.5 Å². The fourth-order valence-electron chi connectivity index (χ4n) is 9.73. The Morgan fingerprint density at radius 2 is 1.19 bits per heavy atom. The zero-order valence-electron chi connectivity index (χ0n) is 31.9. The summed E-state index contributed by atoms with van der Waals surface area (Å²) in [7, 11) is 0. The number of aromatic nitrogens is 2. The first kappa shape index (κ1) is 32.8. The lowest BCUT2D eigenvalue weighted by Gasteiger charge is -2.34. The number of benzene rings is 7. The third-order valence-electron chi connectivity index (χ3n) is 12.4. The van der Waals surface area contributed by atoms with Gasteiger partial charge in [0.15, 0.2) is 5.58 Å². The third kappa shape index (κ3) is 4.78. The Kier molecular flexibility index (Phi) is 7.09. The second kappa shape index (κ2) is 12.5. The van der Waals surface area contributed by atoms with Crippen LogP contribution >= 0.6 is 0 Å². The molecule has 2 atom stereocenters. The highest BCUT2D eigenvalue weighted by Gasteiger charge is 2.50. The predicted octanol–water partition coefficient (Wildman–Crippen LogP) is 14.0. The number of fused-ring (bicyclic) bond motifs is 10. The van der Waals surface area contributed by atoms with Gasteiger partial charge in [-0.2, -0.15) is 0 Å². The van der Waals surface area contributed by atoms with Gasteiger partial charge in [0, 0.05) is 38.2 Å². The van der Waals surface area contributed by atoms with Crippen LogP contribution in [0.3, 0.4) is 0 Å². The van der Waals surface area contributed by atoms with E-state index >= 15 is 0 Å². The number of nitrogens with zero attached hydrogens (tertiary/aromatic N) is 3. The first-order valence-electron chi connectivity index (χ1n) is 20.0. The van der Waals surface area contributed by atoms with Gasteiger partial charge in [-0.15, -0.1) is 0 Å². The monoisotopic (exact) mass is 743 g/mol. The molecule has 0 N–H and O–H groups in total. The van der Waals surface area contributed by atoms with Gasteiger partial charge in [-0.3, -0.25) is 0 Å². The maximum atomic E-state index is 6.95. The normalized spacial score (nSPS) is 17.1. The molecular formula is C54H37N3O. The SMILES string of the molecule is CC12C=CC=CC1N(c1cc(-c3ccccc3)cc(-c3ccccc3)n1)c1c2c(-c2ccc(-n3c4ccccc4c4ccccc43)cc2)cc2c1oc1ccccc12. The van der Waals surface area contributed by atoms with Crippen molar-refractivity contribution in [3.8, 4) is 39.2 Å². The summed E-state index contributed by atoms with van der Waals surface area (Å²) >= 11 is 0. The number of rotatable bonds is 5. The summed E-state index contributed by atoms with van der Waals surface area (Å²) in [6.45, 7) is 2.38. The first-order valence-corrected chi connectivity index (χ1v) is 20.0. The molecule has 0 fully saturated rings. The molecule has 58 heavy (non-hydrogen) atoms. The van der Waals surface area contributed by atoms with Crippen molar-refractivity contribution in [2.24, 2.45) is 0 Å². The van der Waals surface area contributed by atoms with Crippen LogP contribution in [0.15, 0.2) is 205 Å². The van der Waals surface area contributed by atoms with Crippen LogP contribution in [-0.4, -0.2) is 15.6 Å². The van der Waals surface area contributed by atoms with E-state index in [0.717, 1.165) is 67.1 Å². The van der Waals surface area contributed by atoms with Crippen molar-refractivity contribution < 1.29 is 4.42 Å². The minimum absolute atomic E-state index is 0.0518. The average Bonchev–Trinajstić information content (AvgIpc) is 3.92. The Morgan fingerprint density at radius 1 is 0.552 bits per heavy atom. The lowest BCUT2D eigenvalue weighted by molar-refractivity contribution is 0.549. The maximum Gasteiger partial charge on any atom is 0.159 e. The Balaban J connectivity index is 1.12. The van der Waals surface area contributed by atoms with Crippen molar-refractivity contribution in [1.29, 1.82) is 0 Å². The molecule has 0 saturated carbocycles.